The van der Waals surface area contributed by atoms with Crippen LogP contribution in [-0.4, -0.2) is 111 Å². The van der Waals surface area contributed by atoms with Crippen molar-refractivity contribution in [2.75, 3.05) is 20.5 Å². The lowest BCUT2D eigenvalue weighted by Crippen LogP contribution is -2.30. The minimum absolute atomic E-state index is 0.0658. The molecule has 0 aliphatic rings. The summed E-state index contributed by atoms with van der Waals surface area (Å²) in [5, 5.41) is 87.8. The molecule has 0 radical (unpaired) electrons. The van der Waals surface area contributed by atoms with Crippen molar-refractivity contribution in [1.29, 1.82) is 0 Å². The summed E-state index contributed by atoms with van der Waals surface area (Å²) in [6, 6.07) is 50.1. The van der Waals surface area contributed by atoms with E-state index in [9.17, 15) is 17.6 Å². The average molecular weight is 1290 g/mol. The summed E-state index contributed by atoms with van der Waals surface area (Å²) >= 11 is 14.4. The highest BCUT2D eigenvalue weighted by Gasteiger charge is 2.16. The van der Waals surface area contributed by atoms with Gasteiger partial charge in [0.05, 0.1) is 25.4 Å². The molecule has 0 spiro atoms. The Kier molecular flexibility index (Phi) is 40.9. The van der Waals surface area contributed by atoms with Crippen molar-refractivity contribution in [2.24, 2.45) is 0 Å². The molecule has 0 saturated heterocycles. The minimum Gasteiger partial charge on any atom is -0.497 e. The molecule has 10 N–H and O–H groups in total. The van der Waals surface area contributed by atoms with Gasteiger partial charge in [-0.2, -0.15) is 0 Å². The van der Waals surface area contributed by atoms with E-state index in [4.69, 9.17) is 82.9 Å². The summed E-state index contributed by atoms with van der Waals surface area (Å²) < 4.78 is 58.8. The van der Waals surface area contributed by atoms with Crippen LogP contribution < -0.4 is 36.8 Å². The Labute approximate surface area is 536 Å². The molecule has 0 bridgehead atoms. The molecule has 1 aromatic heterocycles. The third kappa shape index (κ3) is 34.2. The van der Waals surface area contributed by atoms with Gasteiger partial charge in [0.2, 0.25) is 0 Å². The van der Waals surface area contributed by atoms with E-state index in [0.29, 0.717) is 43.4 Å². The number of para-hydroxylation sites is 1. The number of aromatic nitrogens is 1. The lowest BCUT2D eigenvalue weighted by atomic mass is 9.80. The fourth-order valence-corrected chi connectivity index (χ4v) is 7.78. The van der Waals surface area contributed by atoms with E-state index >= 15 is 0 Å². The molecule has 0 unspecified atom stereocenters. The molecule has 9 aromatic rings. The molecule has 0 saturated carbocycles. The maximum Gasteiger partial charge on any atom is 0.492 e. The largest absolute Gasteiger partial charge is 0.497 e. The molecule has 0 aliphatic heterocycles. The second kappa shape index (κ2) is 45.7. The van der Waals surface area contributed by atoms with Gasteiger partial charge in [-0.3, -0.25) is 0 Å². The molecular formula is C63H66B5Cl2F4NO12S2. The second-order valence-electron chi connectivity index (χ2n) is 17.2. The number of rotatable bonds is 12. The van der Waals surface area contributed by atoms with Crippen LogP contribution in [0.5, 0.6) is 11.5 Å². The van der Waals surface area contributed by atoms with Crippen LogP contribution in [0.4, 0.5) is 17.6 Å². The molecule has 0 amide bonds. The number of hydrogen-bond donors (Lipinski definition) is 10. The Morgan fingerprint density at radius 1 is 0.461 bits per heavy atom. The van der Waals surface area contributed by atoms with Crippen LogP contribution in [0.25, 0.3) is 24.3 Å². The molecule has 0 atom stereocenters. The van der Waals surface area contributed by atoms with E-state index in [1.807, 2.05) is 73.3 Å². The van der Waals surface area contributed by atoms with Crippen LogP contribution in [0, 0.1) is 30.2 Å². The van der Waals surface area contributed by atoms with Gasteiger partial charge in [-0.05, 0) is 137 Å². The standard InChI is InChI=1S/2C8H7F.C8H8.2C7H9BO3.C7H9BO2S.C6H5BCl2O2.C6H5BF2O2.C6H7NS/c1-2-7-3-5-8(9)6-4-7;1-2-7-4-3-5-8(9)6-7;1-2-8-6-4-3-5-7-8;1-11-7-4-2-3-6(5-7)8(9)10;1-11-7-5-3-2-4-6(7)8(9)10;1-11-7-4-2-6(3-5-7)8(9)10;8-5-1-4(7(10)11)2-6(9)3-5;8-5-2-1-4(7(10)11)3-6(5)9;1-3-6-5(2)7-4-8-6/h2*2-6H,1H2;2-7H,1H2;3*2-5,9-10H,1H3;2*1-3,10-11H;3-4H,1H2,2H3. The first-order valence-corrected chi connectivity index (χ1v) is 28.8. The van der Waals surface area contributed by atoms with Crippen molar-refractivity contribution < 1.29 is 77.3 Å². The van der Waals surface area contributed by atoms with E-state index < -0.39 is 47.2 Å². The van der Waals surface area contributed by atoms with E-state index in [2.05, 4.69) is 31.3 Å². The quantitative estimate of drug-likeness (QED) is 0.0314. The van der Waals surface area contributed by atoms with Gasteiger partial charge >= 0.3 is 35.6 Å². The highest BCUT2D eigenvalue weighted by molar-refractivity contribution is 7.98. The van der Waals surface area contributed by atoms with Gasteiger partial charge in [-0.1, -0.05) is 177 Å². The molecule has 89 heavy (non-hydrogen) atoms. The summed E-state index contributed by atoms with van der Waals surface area (Å²) in [6.45, 7) is 16.3. The van der Waals surface area contributed by atoms with Gasteiger partial charge in [-0.15, -0.1) is 23.1 Å². The normalized spacial score (nSPS) is 9.35. The van der Waals surface area contributed by atoms with Crippen molar-refractivity contribution in [3.05, 3.63) is 280 Å². The Balaban J connectivity index is 0.000000502. The number of thioether (sulfide) groups is 1. The Hall–Kier alpha value is -7.48. The van der Waals surface area contributed by atoms with Crippen LogP contribution in [0.15, 0.2) is 225 Å². The number of ether oxygens (including phenoxy) is 2. The zero-order chi connectivity index (χ0) is 66.8. The monoisotopic (exact) mass is 1290 g/mol. The fraction of sp³-hybridized carbons (Fsp3) is 0.0635. The summed E-state index contributed by atoms with van der Waals surface area (Å²) in [4.78, 5) is 6.33. The third-order valence-electron chi connectivity index (χ3n) is 10.8. The maximum atomic E-state index is 12.3. The molecule has 0 fully saturated rings. The highest BCUT2D eigenvalue weighted by atomic mass is 35.5. The molecule has 9 rings (SSSR count). The number of halogens is 6. The number of methoxy groups -OCH3 is 2. The Morgan fingerprint density at radius 3 is 1.38 bits per heavy atom. The summed E-state index contributed by atoms with van der Waals surface area (Å²) in [7, 11) is -4.51. The molecule has 1 heterocycles. The van der Waals surface area contributed by atoms with Gasteiger partial charge in [0.1, 0.15) is 23.1 Å². The predicted octanol–water partition coefficient (Wildman–Crippen LogP) is 8.52. The van der Waals surface area contributed by atoms with Crippen molar-refractivity contribution in [1.82, 2.24) is 4.98 Å². The lowest BCUT2D eigenvalue weighted by molar-refractivity contribution is 0.403. The zero-order valence-corrected chi connectivity index (χ0v) is 52.0. The number of hydrogen-bond acceptors (Lipinski definition) is 15. The molecule has 0 aliphatic carbocycles. The Morgan fingerprint density at radius 2 is 0.966 bits per heavy atom. The summed E-state index contributed by atoms with van der Waals surface area (Å²) in [5.74, 6) is -1.41. The lowest BCUT2D eigenvalue weighted by Gasteiger charge is -2.05. The third-order valence-corrected chi connectivity index (χ3v) is 12.9. The predicted molar refractivity (Wildman–Crippen MR) is 363 cm³/mol. The first-order chi connectivity index (χ1) is 42.4. The van der Waals surface area contributed by atoms with Gasteiger partial charge < -0.3 is 59.7 Å². The minimum atomic E-state index is -1.76. The van der Waals surface area contributed by atoms with Crippen molar-refractivity contribution in [3.8, 4) is 11.5 Å². The SMILES string of the molecule is C=Cc1ccc(F)cc1.C=Cc1cccc(F)c1.C=Cc1ccccc1.C=Cc1scnc1C.COc1cccc(B(O)O)c1.COc1ccccc1B(O)O.CSc1ccc(B(O)O)cc1.OB(O)c1cc(Cl)cc(Cl)c1.OB(O)c1ccc(F)c(F)c1. The van der Waals surface area contributed by atoms with Crippen molar-refractivity contribution >= 4 is 134 Å². The van der Waals surface area contributed by atoms with E-state index in [0.717, 1.165) is 39.9 Å². The number of nitrogens with zero attached hydrogens (tertiary/aromatic N) is 1. The Bertz CT molecular complexity index is 3440. The molecule has 26 heteroatoms. The molecule has 8 aromatic carbocycles. The van der Waals surface area contributed by atoms with E-state index in [1.54, 1.807) is 120 Å². The van der Waals surface area contributed by atoms with Crippen LogP contribution in [0.1, 0.15) is 27.3 Å². The first-order valence-electron chi connectivity index (χ1n) is 25.9. The number of thiazole rings is 1. The first kappa shape index (κ1) is 79.5. The fourth-order valence-electron chi connectivity index (χ4n) is 6.18. The van der Waals surface area contributed by atoms with E-state index in [-0.39, 0.29) is 17.1 Å². The van der Waals surface area contributed by atoms with Crippen LogP contribution >= 0.6 is 46.3 Å². The second-order valence-corrected chi connectivity index (χ2v) is 19.8. The smallest absolute Gasteiger partial charge is 0.492 e. The summed E-state index contributed by atoms with van der Waals surface area (Å²) in [6.07, 6.45) is 8.93. The van der Waals surface area contributed by atoms with E-state index in [1.165, 1.54) is 67.1 Å². The molecule has 464 valence electrons. The van der Waals surface area contributed by atoms with Crippen LogP contribution in [0.3, 0.4) is 0 Å². The van der Waals surface area contributed by atoms with Crippen LogP contribution in [0.2, 0.25) is 10.0 Å². The molecular weight excluding hydrogens is 1230 g/mol. The maximum absolute atomic E-state index is 12.3. The summed E-state index contributed by atoms with van der Waals surface area (Å²) in [5.41, 5.74) is 7.41. The number of aryl methyl sites for hydroxylation is 1. The van der Waals surface area contributed by atoms with Gasteiger partial charge in [0.25, 0.3) is 0 Å². The highest BCUT2D eigenvalue weighted by Crippen LogP contribution is 2.15. The number of benzene rings is 8. The van der Waals surface area contributed by atoms with Crippen molar-refractivity contribution in [2.45, 2.75) is 11.8 Å². The average Bonchev–Trinajstić information content (AvgIpc) is 4.03. The van der Waals surface area contributed by atoms with Gasteiger partial charge in [-0.25, -0.2) is 22.5 Å². The van der Waals surface area contributed by atoms with Gasteiger partial charge in [0.15, 0.2) is 11.6 Å². The topological polar surface area (TPSA) is 234 Å². The van der Waals surface area contributed by atoms with Crippen LogP contribution in [-0.2, 0) is 0 Å². The molecule has 13 nitrogen and oxygen atoms in total. The zero-order valence-electron chi connectivity index (χ0n) is 48.8. The van der Waals surface area contributed by atoms with Crippen molar-refractivity contribution in [3.63, 3.8) is 0 Å². The van der Waals surface area contributed by atoms with Gasteiger partial charge in [0, 0.05) is 25.3 Å².